The Morgan fingerprint density at radius 1 is 1.12 bits per heavy atom. The number of likely N-dealkylation sites (tertiary alicyclic amines) is 1. The van der Waals surface area contributed by atoms with Crippen molar-refractivity contribution in [2.45, 2.75) is 25.8 Å². The lowest BCUT2D eigenvalue weighted by molar-refractivity contribution is 0.0735. The van der Waals surface area contributed by atoms with Crippen molar-refractivity contribution in [2.75, 3.05) is 6.54 Å². The molecule has 2 heterocycles. The number of aryl methyl sites for hydroxylation is 1. The lowest BCUT2D eigenvalue weighted by Gasteiger charge is -2.26. The molecule has 0 saturated carbocycles. The zero-order valence-corrected chi connectivity index (χ0v) is 14.3. The molecule has 1 amide bonds. The molecule has 126 valence electrons. The number of hydrogen-bond acceptors (Lipinski definition) is 2. The van der Waals surface area contributed by atoms with Gasteiger partial charge < -0.3 is 4.90 Å². The average molecular weight is 331 g/mol. The Morgan fingerprint density at radius 2 is 2.00 bits per heavy atom. The molecule has 0 radical (unpaired) electrons. The second-order valence-electron chi connectivity index (χ2n) is 6.51. The largest absolute Gasteiger partial charge is 0.332 e. The molecule has 1 atom stereocenters. The number of carbonyl (C=O) groups excluding carboxylic acids is 1. The highest BCUT2D eigenvalue weighted by Gasteiger charge is 2.31. The molecular weight excluding hydrogens is 310 g/mol. The molecule has 1 saturated heterocycles. The topological polar surface area (TPSA) is 38.1 Å². The van der Waals surface area contributed by atoms with Crippen LogP contribution in [0.4, 0.5) is 0 Å². The maximum atomic E-state index is 13.2. The third-order valence-corrected chi connectivity index (χ3v) is 4.92. The number of nitrogens with zero attached hydrogens (tertiary/aromatic N) is 3. The molecule has 0 aliphatic carbocycles. The van der Waals surface area contributed by atoms with E-state index in [4.69, 9.17) is 0 Å². The molecule has 4 nitrogen and oxygen atoms in total. The van der Waals surface area contributed by atoms with Gasteiger partial charge in [-0.15, -0.1) is 0 Å². The highest BCUT2D eigenvalue weighted by Crippen LogP contribution is 2.34. The number of amides is 1. The normalized spacial score (nSPS) is 17.0. The minimum atomic E-state index is 0.0970. The van der Waals surface area contributed by atoms with E-state index in [1.807, 2.05) is 47.5 Å². The van der Waals surface area contributed by atoms with Gasteiger partial charge in [0.1, 0.15) is 0 Å². The molecular formula is C21H21N3O. The fourth-order valence-corrected chi connectivity index (χ4v) is 3.66. The highest BCUT2D eigenvalue weighted by atomic mass is 16.2. The van der Waals surface area contributed by atoms with Gasteiger partial charge in [-0.3, -0.25) is 4.79 Å². The van der Waals surface area contributed by atoms with Gasteiger partial charge in [-0.1, -0.05) is 30.3 Å². The van der Waals surface area contributed by atoms with Crippen LogP contribution in [-0.2, 0) is 0 Å². The summed E-state index contributed by atoms with van der Waals surface area (Å²) < 4.78 is 1.78. The van der Waals surface area contributed by atoms with Gasteiger partial charge in [0.2, 0.25) is 0 Å². The van der Waals surface area contributed by atoms with E-state index in [0.717, 1.165) is 25.1 Å². The van der Waals surface area contributed by atoms with Crippen LogP contribution in [0.1, 0.15) is 40.4 Å². The second-order valence-corrected chi connectivity index (χ2v) is 6.51. The van der Waals surface area contributed by atoms with Crippen LogP contribution >= 0.6 is 0 Å². The van der Waals surface area contributed by atoms with Gasteiger partial charge >= 0.3 is 0 Å². The maximum Gasteiger partial charge on any atom is 0.254 e. The van der Waals surface area contributed by atoms with Crippen LogP contribution < -0.4 is 0 Å². The van der Waals surface area contributed by atoms with Crippen LogP contribution in [0.5, 0.6) is 0 Å². The van der Waals surface area contributed by atoms with Crippen molar-refractivity contribution in [1.29, 1.82) is 0 Å². The summed E-state index contributed by atoms with van der Waals surface area (Å²) in [6.45, 7) is 2.93. The van der Waals surface area contributed by atoms with Gasteiger partial charge in [0.05, 0.1) is 11.7 Å². The first kappa shape index (κ1) is 15.6. The lowest BCUT2D eigenvalue weighted by Crippen LogP contribution is -2.31. The Hall–Kier alpha value is -2.88. The van der Waals surface area contributed by atoms with Crippen molar-refractivity contribution in [3.05, 3.63) is 83.7 Å². The minimum Gasteiger partial charge on any atom is -0.332 e. The molecule has 0 N–H and O–H groups in total. The highest BCUT2D eigenvalue weighted by molar-refractivity contribution is 5.95. The fraction of sp³-hybridized carbons (Fsp3) is 0.238. The summed E-state index contributed by atoms with van der Waals surface area (Å²) in [5.74, 6) is 0.0970. The summed E-state index contributed by atoms with van der Waals surface area (Å²) >= 11 is 0. The fourth-order valence-electron chi connectivity index (χ4n) is 3.66. The van der Waals surface area contributed by atoms with Crippen molar-refractivity contribution < 1.29 is 4.79 Å². The molecule has 1 aliphatic rings. The summed E-state index contributed by atoms with van der Waals surface area (Å²) in [4.78, 5) is 15.2. The summed E-state index contributed by atoms with van der Waals surface area (Å²) in [5.41, 5.74) is 4.13. The van der Waals surface area contributed by atoms with E-state index in [2.05, 4.69) is 30.2 Å². The SMILES string of the molecule is Cc1ccccc1[C@@H]1CCCN1C(=O)c1cccc(-n2cccn2)c1. The average Bonchev–Trinajstić information content (AvgIpc) is 3.33. The summed E-state index contributed by atoms with van der Waals surface area (Å²) in [6, 6.07) is 18.1. The lowest BCUT2D eigenvalue weighted by atomic mass is 9.99. The van der Waals surface area contributed by atoms with Crippen LogP contribution in [0, 0.1) is 6.92 Å². The Balaban J connectivity index is 1.64. The van der Waals surface area contributed by atoms with Crippen molar-refractivity contribution in [3.8, 4) is 5.69 Å². The van der Waals surface area contributed by atoms with E-state index >= 15 is 0 Å². The molecule has 4 rings (SSSR count). The van der Waals surface area contributed by atoms with Gasteiger partial charge in [-0.25, -0.2) is 4.68 Å². The number of aromatic nitrogens is 2. The van der Waals surface area contributed by atoms with Crippen molar-refractivity contribution in [1.82, 2.24) is 14.7 Å². The van der Waals surface area contributed by atoms with Crippen molar-refractivity contribution in [2.24, 2.45) is 0 Å². The Kier molecular flexibility index (Phi) is 4.10. The third-order valence-electron chi connectivity index (χ3n) is 4.92. The van der Waals surface area contributed by atoms with Gasteiger partial charge in [0, 0.05) is 24.5 Å². The van der Waals surface area contributed by atoms with Crippen LogP contribution in [0.15, 0.2) is 67.0 Å². The predicted molar refractivity (Wildman–Crippen MR) is 97.8 cm³/mol. The Bertz CT molecular complexity index is 886. The molecule has 1 aromatic heterocycles. The second kappa shape index (κ2) is 6.55. The molecule has 25 heavy (non-hydrogen) atoms. The Morgan fingerprint density at radius 3 is 2.80 bits per heavy atom. The molecule has 4 heteroatoms. The van der Waals surface area contributed by atoms with E-state index in [9.17, 15) is 4.79 Å². The minimum absolute atomic E-state index is 0.0970. The zero-order valence-electron chi connectivity index (χ0n) is 14.3. The number of benzene rings is 2. The van der Waals surface area contributed by atoms with Crippen LogP contribution in [0.3, 0.4) is 0 Å². The van der Waals surface area contributed by atoms with E-state index < -0.39 is 0 Å². The molecule has 0 unspecified atom stereocenters. The van der Waals surface area contributed by atoms with E-state index in [1.54, 1.807) is 10.9 Å². The number of rotatable bonds is 3. The van der Waals surface area contributed by atoms with E-state index in [1.165, 1.54) is 11.1 Å². The Labute approximate surface area is 147 Å². The molecule has 3 aromatic rings. The van der Waals surface area contributed by atoms with Gasteiger partial charge in [0.15, 0.2) is 0 Å². The summed E-state index contributed by atoms with van der Waals surface area (Å²) in [5, 5.41) is 4.25. The van der Waals surface area contributed by atoms with Gasteiger partial charge in [-0.2, -0.15) is 5.10 Å². The van der Waals surface area contributed by atoms with Crippen LogP contribution in [0.25, 0.3) is 5.69 Å². The van der Waals surface area contributed by atoms with E-state index in [-0.39, 0.29) is 11.9 Å². The van der Waals surface area contributed by atoms with Crippen molar-refractivity contribution in [3.63, 3.8) is 0 Å². The first-order valence-corrected chi connectivity index (χ1v) is 8.70. The standard InChI is InChI=1S/C21H21N3O/c1-16-7-2-3-10-19(16)20-11-5-13-23(20)21(25)17-8-4-9-18(15-17)24-14-6-12-22-24/h2-4,6-10,12,14-15,20H,5,11,13H2,1H3/t20-/m0/s1. The molecule has 0 bridgehead atoms. The smallest absolute Gasteiger partial charge is 0.254 e. The monoisotopic (exact) mass is 331 g/mol. The molecule has 2 aromatic carbocycles. The molecule has 0 spiro atoms. The summed E-state index contributed by atoms with van der Waals surface area (Å²) in [6.07, 6.45) is 5.69. The third kappa shape index (κ3) is 2.95. The zero-order chi connectivity index (χ0) is 17.2. The summed E-state index contributed by atoms with van der Waals surface area (Å²) in [7, 11) is 0. The quantitative estimate of drug-likeness (QED) is 0.723. The van der Waals surface area contributed by atoms with Gasteiger partial charge in [0.25, 0.3) is 5.91 Å². The molecule has 1 fully saturated rings. The maximum absolute atomic E-state index is 13.2. The first-order valence-electron chi connectivity index (χ1n) is 8.70. The van der Waals surface area contributed by atoms with Crippen LogP contribution in [-0.4, -0.2) is 27.1 Å². The van der Waals surface area contributed by atoms with Gasteiger partial charge in [-0.05, 0) is 55.2 Å². The number of hydrogen-bond donors (Lipinski definition) is 0. The van der Waals surface area contributed by atoms with Crippen molar-refractivity contribution >= 4 is 5.91 Å². The predicted octanol–water partition coefficient (Wildman–Crippen LogP) is 4.16. The first-order chi connectivity index (χ1) is 12.2. The number of carbonyl (C=O) groups is 1. The van der Waals surface area contributed by atoms with E-state index in [0.29, 0.717) is 5.56 Å². The van der Waals surface area contributed by atoms with Crippen LogP contribution in [0.2, 0.25) is 0 Å². The molecule has 1 aliphatic heterocycles.